The molecule has 1 heterocycles. The van der Waals surface area contributed by atoms with Crippen LogP contribution in [-0.2, 0) is 9.59 Å². The molecule has 0 aromatic heterocycles. The number of rotatable bonds is 5. The number of barbiturate groups is 1. The molecule has 2 rings (SSSR count). The van der Waals surface area contributed by atoms with Crippen LogP contribution in [0.1, 0.15) is 5.56 Å². The number of ether oxygens (including phenoxy) is 2. The molecule has 7 nitrogen and oxygen atoms in total. The van der Waals surface area contributed by atoms with E-state index in [-0.39, 0.29) is 12.2 Å². The van der Waals surface area contributed by atoms with Crippen LogP contribution in [0.5, 0.6) is 11.5 Å². The zero-order valence-electron chi connectivity index (χ0n) is 13.7. The fourth-order valence-corrected chi connectivity index (χ4v) is 2.18. The average Bonchev–Trinajstić information content (AvgIpc) is 2.60. The molecule has 0 N–H and O–H groups in total. The van der Waals surface area contributed by atoms with Crippen molar-refractivity contribution in [2.45, 2.75) is 0 Å². The van der Waals surface area contributed by atoms with E-state index in [1.807, 2.05) is 0 Å². The maximum atomic E-state index is 12.3. The summed E-state index contributed by atoms with van der Waals surface area (Å²) in [6.45, 7) is 3.85. The van der Waals surface area contributed by atoms with Crippen molar-refractivity contribution in [1.82, 2.24) is 9.80 Å². The molecule has 0 radical (unpaired) electrons. The summed E-state index contributed by atoms with van der Waals surface area (Å²) in [6, 6.07) is 4.34. The minimum Gasteiger partial charge on any atom is -0.497 e. The molecule has 0 spiro atoms. The predicted octanol–water partition coefficient (Wildman–Crippen LogP) is 1.69. The minimum absolute atomic E-state index is 0.128. The number of nitrogens with zero attached hydrogens (tertiary/aromatic N) is 2. The minimum atomic E-state index is -0.670. The van der Waals surface area contributed by atoms with Crippen molar-refractivity contribution in [1.29, 1.82) is 0 Å². The Bertz CT molecular complexity index is 712. The van der Waals surface area contributed by atoms with Gasteiger partial charge in [-0.1, -0.05) is 12.7 Å². The summed E-state index contributed by atoms with van der Waals surface area (Å²) in [7, 11) is 4.15. The van der Waals surface area contributed by atoms with Crippen LogP contribution in [0.3, 0.4) is 0 Å². The molecule has 24 heavy (non-hydrogen) atoms. The number of likely N-dealkylation sites (N-methyl/N-ethyl adjacent to an activating group) is 2. The van der Waals surface area contributed by atoms with Gasteiger partial charge in [0.15, 0.2) is 0 Å². The predicted molar refractivity (Wildman–Crippen MR) is 87.6 cm³/mol. The highest BCUT2D eigenvalue weighted by Crippen LogP contribution is 2.28. The summed E-state index contributed by atoms with van der Waals surface area (Å²) in [5.41, 5.74) is 0.361. The van der Waals surface area contributed by atoms with Crippen molar-refractivity contribution in [3.8, 4) is 11.5 Å². The summed E-state index contributed by atoms with van der Waals surface area (Å²) in [4.78, 5) is 38.1. The molecule has 0 atom stereocenters. The first-order valence-corrected chi connectivity index (χ1v) is 7.14. The Morgan fingerprint density at radius 3 is 2.29 bits per heavy atom. The lowest BCUT2D eigenvalue weighted by Crippen LogP contribution is -2.52. The molecule has 1 aromatic carbocycles. The molecule has 1 fully saturated rings. The Hall–Kier alpha value is -3.09. The Labute approximate surface area is 139 Å². The third kappa shape index (κ3) is 3.15. The first-order valence-electron chi connectivity index (χ1n) is 7.14. The fraction of sp³-hybridized carbons (Fsp3) is 0.235. The van der Waals surface area contributed by atoms with Crippen LogP contribution in [0, 0.1) is 0 Å². The van der Waals surface area contributed by atoms with Crippen LogP contribution < -0.4 is 9.47 Å². The number of carbonyl (C=O) groups excluding carboxylic acids is 3. The van der Waals surface area contributed by atoms with Gasteiger partial charge in [-0.3, -0.25) is 19.4 Å². The van der Waals surface area contributed by atoms with E-state index in [0.717, 1.165) is 9.80 Å². The van der Waals surface area contributed by atoms with E-state index in [1.54, 1.807) is 24.3 Å². The molecule has 0 bridgehead atoms. The molecule has 126 valence electrons. The number of hydrogen-bond donors (Lipinski definition) is 0. The van der Waals surface area contributed by atoms with Crippen molar-refractivity contribution >= 4 is 23.9 Å². The van der Waals surface area contributed by atoms with Crippen molar-refractivity contribution in [2.75, 3.05) is 27.8 Å². The van der Waals surface area contributed by atoms with Crippen LogP contribution in [0.2, 0.25) is 0 Å². The monoisotopic (exact) mass is 330 g/mol. The lowest BCUT2D eigenvalue weighted by atomic mass is 10.1. The molecule has 1 aromatic rings. The van der Waals surface area contributed by atoms with Gasteiger partial charge in [-0.05, 0) is 24.3 Å². The van der Waals surface area contributed by atoms with Gasteiger partial charge in [0.25, 0.3) is 11.8 Å². The van der Waals surface area contributed by atoms with Gasteiger partial charge in [-0.15, -0.1) is 0 Å². The average molecular weight is 330 g/mol. The Balaban J connectivity index is 2.51. The highest BCUT2D eigenvalue weighted by molar-refractivity contribution is 6.30. The van der Waals surface area contributed by atoms with Gasteiger partial charge in [0.05, 0.1) is 7.11 Å². The van der Waals surface area contributed by atoms with Gasteiger partial charge < -0.3 is 9.47 Å². The van der Waals surface area contributed by atoms with E-state index in [2.05, 4.69) is 6.58 Å². The van der Waals surface area contributed by atoms with Gasteiger partial charge in [0.2, 0.25) is 0 Å². The molecule has 1 aliphatic heterocycles. The lowest BCUT2D eigenvalue weighted by molar-refractivity contribution is -0.134. The summed E-state index contributed by atoms with van der Waals surface area (Å²) in [5, 5.41) is 0. The second kappa shape index (κ2) is 6.99. The highest BCUT2D eigenvalue weighted by Gasteiger charge is 2.37. The Kier molecular flexibility index (Phi) is 5.03. The van der Waals surface area contributed by atoms with E-state index in [4.69, 9.17) is 9.47 Å². The third-order valence-electron chi connectivity index (χ3n) is 3.52. The quantitative estimate of drug-likeness (QED) is 0.466. The number of methoxy groups -OCH3 is 1. The molecule has 0 saturated carbocycles. The molecular formula is C17H18N2O5. The number of urea groups is 1. The maximum Gasteiger partial charge on any atom is 0.333 e. The largest absolute Gasteiger partial charge is 0.497 e. The molecular weight excluding hydrogens is 312 g/mol. The molecule has 7 heteroatoms. The van der Waals surface area contributed by atoms with Crippen LogP contribution in [-0.4, -0.2) is 55.5 Å². The second-order valence-electron chi connectivity index (χ2n) is 5.07. The molecule has 0 aliphatic carbocycles. The van der Waals surface area contributed by atoms with Gasteiger partial charge in [-0.2, -0.15) is 0 Å². The standard InChI is InChI=1S/C17H18N2O5/c1-5-8-24-14-7-6-12(23-4)9-11(14)10-13-15(20)18(2)17(22)19(3)16(13)21/h5-7,9-10H,1,8H2,2-4H3. The zero-order chi connectivity index (χ0) is 17.9. The van der Waals surface area contributed by atoms with Crippen LogP contribution in [0.4, 0.5) is 4.79 Å². The first kappa shape index (κ1) is 17.3. The zero-order valence-corrected chi connectivity index (χ0v) is 13.7. The number of benzene rings is 1. The number of amides is 4. The molecule has 1 saturated heterocycles. The van der Waals surface area contributed by atoms with E-state index >= 15 is 0 Å². The molecule has 1 aliphatic rings. The maximum absolute atomic E-state index is 12.3. The van der Waals surface area contributed by atoms with Crippen LogP contribution in [0.15, 0.2) is 36.4 Å². The van der Waals surface area contributed by atoms with Crippen molar-refractivity contribution in [3.63, 3.8) is 0 Å². The van der Waals surface area contributed by atoms with Gasteiger partial charge >= 0.3 is 6.03 Å². The van der Waals surface area contributed by atoms with Gasteiger partial charge in [0.1, 0.15) is 23.7 Å². The summed E-state index contributed by atoms with van der Waals surface area (Å²) in [5.74, 6) is -0.325. The van der Waals surface area contributed by atoms with Crippen molar-refractivity contribution in [3.05, 3.63) is 42.0 Å². The van der Waals surface area contributed by atoms with E-state index in [0.29, 0.717) is 17.1 Å². The molecule has 4 amide bonds. The Morgan fingerprint density at radius 1 is 1.12 bits per heavy atom. The SMILES string of the molecule is C=CCOc1ccc(OC)cc1C=C1C(=O)N(C)C(=O)N(C)C1=O. The number of hydrogen-bond acceptors (Lipinski definition) is 5. The lowest BCUT2D eigenvalue weighted by Gasteiger charge is -2.29. The third-order valence-corrected chi connectivity index (χ3v) is 3.52. The number of imide groups is 2. The highest BCUT2D eigenvalue weighted by atomic mass is 16.5. The fourth-order valence-electron chi connectivity index (χ4n) is 2.18. The van der Waals surface area contributed by atoms with Crippen molar-refractivity contribution < 1.29 is 23.9 Å². The summed E-state index contributed by atoms with van der Waals surface area (Å²) < 4.78 is 10.7. The van der Waals surface area contributed by atoms with E-state index in [9.17, 15) is 14.4 Å². The summed E-state index contributed by atoms with van der Waals surface area (Å²) in [6.07, 6.45) is 2.98. The topological polar surface area (TPSA) is 76.2 Å². The number of carbonyl (C=O) groups is 3. The van der Waals surface area contributed by atoms with Gasteiger partial charge in [-0.25, -0.2) is 4.79 Å². The van der Waals surface area contributed by atoms with E-state index in [1.165, 1.54) is 27.3 Å². The second-order valence-corrected chi connectivity index (χ2v) is 5.07. The Morgan fingerprint density at radius 2 is 1.75 bits per heavy atom. The molecule has 0 unspecified atom stereocenters. The van der Waals surface area contributed by atoms with Crippen LogP contribution >= 0.6 is 0 Å². The van der Waals surface area contributed by atoms with Crippen molar-refractivity contribution in [2.24, 2.45) is 0 Å². The van der Waals surface area contributed by atoms with Gasteiger partial charge in [0, 0.05) is 19.7 Å². The normalized spacial score (nSPS) is 14.8. The summed E-state index contributed by atoms with van der Waals surface area (Å²) >= 11 is 0. The van der Waals surface area contributed by atoms with Crippen LogP contribution in [0.25, 0.3) is 6.08 Å². The van der Waals surface area contributed by atoms with E-state index < -0.39 is 17.8 Å². The first-order chi connectivity index (χ1) is 11.4. The smallest absolute Gasteiger partial charge is 0.333 e.